The third-order valence-corrected chi connectivity index (χ3v) is 6.29. The highest BCUT2D eigenvalue weighted by atomic mass is 32.2. The lowest BCUT2D eigenvalue weighted by molar-refractivity contribution is -0.129. The van der Waals surface area contributed by atoms with E-state index in [0.29, 0.717) is 6.54 Å². The van der Waals surface area contributed by atoms with Crippen molar-refractivity contribution in [2.75, 3.05) is 12.4 Å². The summed E-state index contributed by atoms with van der Waals surface area (Å²) in [5.74, 6) is 0.0775. The molecule has 0 aliphatic rings. The van der Waals surface area contributed by atoms with Gasteiger partial charge in [0, 0.05) is 19.3 Å². The molecular formula is C21H24N4OS2. The number of thioether (sulfide) groups is 1. The average Bonchev–Trinajstić information content (AvgIpc) is 3.15. The van der Waals surface area contributed by atoms with Crippen molar-refractivity contribution in [3.63, 3.8) is 0 Å². The Balaban J connectivity index is 1.55. The Bertz CT molecular complexity index is 896. The van der Waals surface area contributed by atoms with Gasteiger partial charge in [0.25, 0.3) is 0 Å². The number of aromatic nitrogens is 2. The van der Waals surface area contributed by atoms with Crippen LogP contribution in [-0.2, 0) is 17.8 Å². The van der Waals surface area contributed by atoms with Crippen LogP contribution in [0.15, 0.2) is 58.9 Å². The molecule has 0 saturated heterocycles. The summed E-state index contributed by atoms with van der Waals surface area (Å²) in [5.41, 5.74) is 3.40. The largest absolute Gasteiger partial charge is 0.340 e. The first-order chi connectivity index (χ1) is 13.5. The summed E-state index contributed by atoms with van der Waals surface area (Å²) in [5, 5.41) is 12.2. The van der Waals surface area contributed by atoms with Crippen molar-refractivity contribution in [3.8, 4) is 0 Å². The van der Waals surface area contributed by atoms with Crippen molar-refractivity contribution in [1.29, 1.82) is 0 Å². The summed E-state index contributed by atoms with van der Waals surface area (Å²) in [6.45, 7) is 4.64. The predicted octanol–water partition coefficient (Wildman–Crippen LogP) is 4.98. The van der Waals surface area contributed by atoms with Gasteiger partial charge in [0.05, 0.1) is 5.25 Å². The van der Waals surface area contributed by atoms with E-state index in [0.717, 1.165) is 27.1 Å². The second-order valence-electron chi connectivity index (χ2n) is 6.49. The van der Waals surface area contributed by atoms with Gasteiger partial charge in [0.1, 0.15) is 0 Å². The standard InChI is InChI=1S/C21H24N4OS2/c1-4-16-10-12-18(13-11-16)22-20-23-24-21(28-20)27-15(2)19(26)25(3)14-17-8-6-5-7-9-17/h5-13,15H,4,14H2,1-3H3,(H,22,23)/t15-/m1/s1. The number of nitrogens with one attached hydrogen (secondary N) is 1. The molecule has 0 spiro atoms. The fourth-order valence-electron chi connectivity index (χ4n) is 2.70. The molecule has 5 nitrogen and oxygen atoms in total. The zero-order valence-corrected chi connectivity index (χ0v) is 17.9. The molecule has 0 saturated carbocycles. The first kappa shape index (κ1) is 20.4. The van der Waals surface area contributed by atoms with Gasteiger partial charge in [-0.2, -0.15) is 0 Å². The monoisotopic (exact) mass is 412 g/mol. The predicted molar refractivity (Wildman–Crippen MR) is 117 cm³/mol. The number of carbonyl (C=O) groups excluding carboxylic acids is 1. The molecule has 0 aliphatic heterocycles. The van der Waals surface area contributed by atoms with Crippen LogP contribution in [-0.4, -0.2) is 33.3 Å². The highest BCUT2D eigenvalue weighted by Crippen LogP contribution is 2.31. The summed E-state index contributed by atoms with van der Waals surface area (Å²) in [6, 6.07) is 18.3. The molecule has 0 unspecified atom stereocenters. The van der Waals surface area contributed by atoms with E-state index in [9.17, 15) is 4.79 Å². The van der Waals surface area contributed by atoms with E-state index in [1.165, 1.54) is 28.7 Å². The molecule has 3 rings (SSSR count). The molecule has 0 bridgehead atoms. The molecule has 28 heavy (non-hydrogen) atoms. The van der Waals surface area contributed by atoms with Gasteiger partial charge < -0.3 is 10.2 Å². The second kappa shape index (κ2) is 9.71. The number of hydrogen-bond acceptors (Lipinski definition) is 6. The number of hydrogen-bond donors (Lipinski definition) is 1. The van der Waals surface area contributed by atoms with Crippen molar-refractivity contribution < 1.29 is 4.79 Å². The lowest BCUT2D eigenvalue weighted by atomic mass is 10.1. The summed E-state index contributed by atoms with van der Waals surface area (Å²) >= 11 is 2.90. The molecule has 1 aromatic heterocycles. The minimum atomic E-state index is -0.224. The number of aryl methyl sites for hydroxylation is 1. The molecule has 1 N–H and O–H groups in total. The highest BCUT2D eigenvalue weighted by molar-refractivity contribution is 8.02. The lowest BCUT2D eigenvalue weighted by Crippen LogP contribution is -2.32. The number of rotatable bonds is 8. The van der Waals surface area contributed by atoms with Crippen LogP contribution in [0.1, 0.15) is 25.0 Å². The number of amides is 1. The van der Waals surface area contributed by atoms with Crippen molar-refractivity contribution in [2.45, 2.75) is 36.4 Å². The molecule has 146 valence electrons. The minimum Gasteiger partial charge on any atom is -0.340 e. The maximum absolute atomic E-state index is 12.7. The molecule has 0 radical (unpaired) electrons. The Morgan fingerprint density at radius 1 is 1.11 bits per heavy atom. The summed E-state index contributed by atoms with van der Waals surface area (Å²) in [7, 11) is 1.83. The number of benzene rings is 2. The van der Waals surface area contributed by atoms with E-state index < -0.39 is 0 Å². The smallest absolute Gasteiger partial charge is 0.235 e. The molecule has 3 aromatic rings. The highest BCUT2D eigenvalue weighted by Gasteiger charge is 2.20. The third-order valence-electron chi connectivity index (χ3n) is 4.28. The SMILES string of the molecule is CCc1ccc(Nc2nnc(S[C@H](C)C(=O)N(C)Cc3ccccc3)s2)cc1. The third kappa shape index (κ3) is 5.56. The van der Waals surface area contributed by atoms with E-state index >= 15 is 0 Å². The van der Waals surface area contributed by atoms with Crippen molar-refractivity contribution in [1.82, 2.24) is 15.1 Å². The number of nitrogens with zero attached hydrogens (tertiary/aromatic N) is 3. The molecule has 0 aliphatic carbocycles. The van der Waals surface area contributed by atoms with Gasteiger partial charge in [0.2, 0.25) is 11.0 Å². The van der Waals surface area contributed by atoms with Crippen LogP contribution in [0.5, 0.6) is 0 Å². The quantitative estimate of drug-likeness (QED) is 0.529. The molecule has 7 heteroatoms. The molecule has 1 heterocycles. The lowest BCUT2D eigenvalue weighted by Gasteiger charge is -2.20. The van der Waals surface area contributed by atoms with Gasteiger partial charge in [-0.15, -0.1) is 10.2 Å². The molecule has 1 amide bonds. The van der Waals surface area contributed by atoms with Gasteiger partial charge in [-0.25, -0.2) is 0 Å². The Hall–Kier alpha value is -2.38. The molecule has 0 fully saturated rings. The zero-order chi connectivity index (χ0) is 19.9. The second-order valence-corrected chi connectivity index (χ2v) is 9.05. The zero-order valence-electron chi connectivity index (χ0n) is 16.3. The summed E-state index contributed by atoms with van der Waals surface area (Å²) < 4.78 is 0.779. The van der Waals surface area contributed by atoms with Crippen LogP contribution < -0.4 is 5.32 Å². The average molecular weight is 413 g/mol. The van der Waals surface area contributed by atoms with Gasteiger partial charge in [-0.05, 0) is 36.6 Å². The Kier molecular flexibility index (Phi) is 7.06. The Morgan fingerprint density at radius 3 is 2.50 bits per heavy atom. The maximum Gasteiger partial charge on any atom is 0.235 e. The van der Waals surface area contributed by atoms with Crippen LogP contribution in [0.25, 0.3) is 0 Å². The summed E-state index contributed by atoms with van der Waals surface area (Å²) in [6.07, 6.45) is 1.02. The van der Waals surface area contributed by atoms with Crippen molar-refractivity contribution in [2.24, 2.45) is 0 Å². The summed E-state index contributed by atoms with van der Waals surface area (Å²) in [4.78, 5) is 14.4. The van der Waals surface area contributed by atoms with Crippen molar-refractivity contribution in [3.05, 3.63) is 65.7 Å². The van der Waals surface area contributed by atoms with Gasteiger partial charge in [-0.1, -0.05) is 72.5 Å². The topological polar surface area (TPSA) is 58.1 Å². The molecular weight excluding hydrogens is 388 g/mol. The van der Waals surface area contributed by atoms with E-state index in [2.05, 4.69) is 34.6 Å². The van der Waals surface area contributed by atoms with E-state index in [-0.39, 0.29) is 11.2 Å². The first-order valence-corrected chi connectivity index (χ1v) is 10.9. The number of carbonyl (C=O) groups is 1. The van der Waals surface area contributed by atoms with Gasteiger partial charge >= 0.3 is 0 Å². The van der Waals surface area contributed by atoms with Crippen molar-refractivity contribution >= 4 is 39.8 Å². The van der Waals surface area contributed by atoms with Gasteiger partial charge in [-0.3, -0.25) is 4.79 Å². The van der Waals surface area contributed by atoms with E-state index in [4.69, 9.17) is 0 Å². The Morgan fingerprint density at radius 2 is 1.82 bits per heavy atom. The van der Waals surface area contributed by atoms with E-state index in [1.807, 2.05) is 56.4 Å². The van der Waals surface area contributed by atoms with E-state index in [1.54, 1.807) is 4.90 Å². The van der Waals surface area contributed by atoms with Crippen LogP contribution in [0, 0.1) is 0 Å². The van der Waals surface area contributed by atoms with Gasteiger partial charge in [0.15, 0.2) is 4.34 Å². The minimum absolute atomic E-state index is 0.0775. The number of anilines is 2. The molecule has 2 aromatic carbocycles. The normalized spacial score (nSPS) is 11.8. The fraction of sp³-hybridized carbons (Fsp3) is 0.286. The van der Waals surface area contributed by atoms with Crippen LogP contribution >= 0.6 is 23.1 Å². The van der Waals surface area contributed by atoms with Crippen LogP contribution in [0.2, 0.25) is 0 Å². The van der Waals surface area contributed by atoms with Crippen LogP contribution in [0.4, 0.5) is 10.8 Å². The maximum atomic E-state index is 12.7. The Labute approximate surface area is 174 Å². The molecule has 1 atom stereocenters. The van der Waals surface area contributed by atoms with Crippen LogP contribution in [0.3, 0.4) is 0 Å². The first-order valence-electron chi connectivity index (χ1n) is 9.20. The fourth-order valence-corrected chi connectivity index (χ4v) is 4.73.